The number of nitrogens with zero attached hydrogens (tertiary/aromatic N) is 2. The Morgan fingerprint density at radius 2 is 1.81 bits per heavy atom. The predicted molar refractivity (Wildman–Crippen MR) is 112 cm³/mol. The summed E-state index contributed by atoms with van der Waals surface area (Å²) in [5.41, 5.74) is 5.80. The van der Waals surface area contributed by atoms with Crippen molar-refractivity contribution in [2.24, 2.45) is 5.73 Å². The Labute approximate surface area is 179 Å². The van der Waals surface area contributed by atoms with Crippen LogP contribution < -0.4 is 15.2 Å². The number of carbonyl (C=O) groups excluding carboxylic acids is 1. The van der Waals surface area contributed by atoms with Gasteiger partial charge in [0.05, 0.1) is 30.6 Å². The molecule has 1 amide bonds. The minimum Gasteiger partial charge on any atom is -0.493 e. The molecule has 0 aromatic heterocycles. The van der Waals surface area contributed by atoms with Crippen molar-refractivity contribution in [3.05, 3.63) is 58.1 Å². The number of rotatable bonds is 10. The molecule has 31 heavy (non-hydrogen) atoms. The number of methoxy groups -OCH3 is 2. The van der Waals surface area contributed by atoms with Gasteiger partial charge < -0.3 is 15.2 Å². The van der Waals surface area contributed by atoms with Gasteiger partial charge in [0.2, 0.25) is 15.9 Å². The number of sulfonamides is 1. The Kier molecular flexibility index (Phi) is 7.57. The topological polar surface area (TPSA) is 142 Å². The average molecular weight is 447 g/mol. The number of nitro benzene ring substituents is 1. The molecule has 0 unspecified atom stereocenters. The first-order chi connectivity index (χ1) is 14.6. The van der Waals surface area contributed by atoms with Gasteiger partial charge in [0, 0.05) is 12.1 Å². The van der Waals surface area contributed by atoms with Crippen LogP contribution in [0.25, 0.3) is 0 Å². The molecule has 2 aromatic rings. The molecule has 1 atom stereocenters. The number of ether oxygens (including phenoxy) is 2. The molecule has 0 saturated carbocycles. The van der Waals surface area contributed by atoms with E-state index in [1.807, 2.05) is 0 Å². The summed E-state index contributed by atoms with van der Waals surface area (Å²) >= 11 is 0. The maximum Gasteiger partial charge on any atom is 0.269 e. The second kappa shape index (κ2) is 9.92. The molecule has 10 nitrogen and oxygen atoms in total. The number of benzene rings is 2. The molecule has 0 radical (unpaired) electrons. The van der Waals surface area contributed by atoms with Crippen molar-refractivity contribution in [2.75, 3.05) is 20.8 Å². The summed E-state index contributed by atoms with van der Waals surface area (Å²) in [5.74, 6) is 2.17. The number of nitro groups is 1. The van der Waals surface area contributed by atoms with Gasteiger partial charge in [-0.2, -0.15) is 4.31 Å². The zero-order chi connectivity index (χ0) is 23.2. The third-order valence-electron chi connectivity index (χ3n) is 4.45. The zero-order valence-corrected chi connectivity index (χ0v) is 17.7. The van der Waals surface area contributed by atoms with E-state index in [0.29, 0.717) is 17.1 Å². The van der Waals surface area contributed by atoms with Gasteiger partial charge in [-0.25, -0.2) is 8.42 Å². The van der Waals surface area contributed by atoms with Crippen molar-refractivity contribution in [3.8, 4) is 23.8 Å². The van der Waals surface area contributed by atoms with Crippen molar-refractivity contribution < 1.29 is 27.6 Å². The van der Waals surface area contributed by atoms with Gasteiger partial charge in [0.1, 0.15) is 6.04 Å². The van der Waals surface area contributed by atoms with Crippen LogP contribution in [-0.4, -0.2) is 50.4 Å². The van der Waals surface area contributed by atoms with E-state index in [0.717, 1.165) is 28.6 Å². The molecule has 0 spiro atoms. The predicted octanol–water partition coefficient (Wildman–Crippen LogP) is 1.33. The van der Waals surface area contributed by atoms with Crippen LogP contribution in [0.1, 0.15) is 5.56 Å². The molecule has 0 saturated heterocycles. The number of terminal acetylenes is 1. The smallest absolute Gasteiger partial charge is 0.269 e. The molecule has 0 aliphatic carbocycles. The van der Waals surface area contributed by atoms with Crippen LogP contribution >= 0.6 is 0 Å². The average Bonchev–Trinajstić information content (AvgIpc) is 2.75. The van der Waals surface area contributed by atoms with Crippen LogP contribution in [0.5, 0.6) is 11.5 Å². The Hall–Kier alpha value is -3.62. The lowest BCUT2D eigenvalue weighted by Crippen LogP contribution is -2.49. The summed E-state index contributed by atoms with van der Waals surface area (Å²) in [6, 6.07) is 7.79. The molecule has 2 rings (SSSR count). The maximum absolute atomic E-state index is 13.2. The molecular weight excluding hydrogens is 426 g/mol. The first kappa shape index (κ1) is 23.7. The van der Waals surface area contributed by atoms with Crippen LogP contribution in [0.4, 0.5) is 5.69 Å². The highest BCUT2D eigenvalue weighted by Crippen LogP contribution is 2.29. The zero-order valence-electron chi connectivity index (χ0n) is 16.8. The van der Waals surface area contributed by atoms with E-state index in [1.165, 1.54) is 14.2 Å². The van der Waals surface area contributed by atoms with Crippen LogP contribution in [0.3, 0.4) is 0 Å². The molecule has 164 valence electrons. The minimum atomic E-state index is -4.29. The Morgan fingerprint density at radius 3 is 2.29 bits per heavy atom. The highest BCUT2D eigenvalue weighted by Gasteiger charge is 2.35. The number of primary amides is 1. The van der Waals surface area contributed by atoms with Gasteiger partial charge in [0.15, 0.2) is 11.5 Å². The molecule has 2 N–H and O–H groups in total. The van der Waals surface area contributed by atoms with Gasteiger partial charge >= 0.3 is 0 Å². The van der Waals surface area contributed by atoms with Crippen molar-refractivity contribution in [1.82, 2.24) is 4.31 Å². The lowest BCUT2D eigenvalue weighted by Gasteiger charge is -2.27. The molecule has 0 bridgehead atoms. The summed E-state index contributed by atoms with van der Waals surface area (Å²) in [4.78, 5) is 22.1. The Bertz CT molecular complexity index is 1110. The SMILES string of the molecule is C#CCN([C@@H](Cc1ccc(OC)c(OC)c1)C(N)=O)S(=O)(=O)c1ccc([N+](=O)[O-])cc1. The van der Waals surface area contributed by atoms with Crippen molar-refractivity contribution in [1.29, 1.82) is 0 Å². The van der Waals surface area contributed by atoms with E-state index < -0.39 is 33.4 Å². The lowest BCUT2D eigenvalue weighted by atomic mass is 10.0. The van der Waals surface area contributed by atoms with Crippen LogP contribution in [0.15, 0.2) is 47.4 Å². The molecule has 0 aliphatic rings. The maximum atomic E-state index is 13.2. The summed E-state index contributed by atoms with van der Waals surface area (Å²) in [5, 5.41) is 10.8. The van der Waals surface area contributed by atoms with E-state index in [2.05, 4.69) is 5.92 Å². The van der Waals surface area contributed by atoms with Crippen LogP contribution in [0.2, 0.25) is 0 Å². The molecule has 0 heterocycles. The van der Waals surface area contributed by atoms with Gasteiger partial charge in [0.25, 0.3) is 5.69 Å². The lowest BCUT2D eigenvalue weighted by molar-refractivity contribution is -0.384. The summed E-state index contributed by atoms with van der Waals surface area (Å²) in [6.07, 6.45) is 5.27. The normalized spacial score (nSPS) is 12.1. The number of non-ortho nitro benzene ring substituents is 1. The third-order valence-corrected chi connectivity index (χ3v) is 6.32. The van der Waals surface area contributed by atoms with Gasteiger partial charge in [-0.05, 0) is 36.2 Å². The minimum absolute atomic E-state index is 0.0798. The molecule has 0 fully saturated rings. The first-order valence-corrected chi connectivity index (χ1v) is 10.3. The molecule has 0 aliphatic heterocycles. The van der Waals surface area contributed by atoms with Gasteiger partial charge in [-0.3, -0.25) is 14.9 Å². The number of carbonyl (C=O) groups is 1. The highest BCUT2D eigenvalue weighted by molar-refractivity contribution is 7.89. The van der Waals surface area contributed by atoms with Crippen molar-refractivity contribution in [2.45, 2.75) is 17.4 Å². The molecular formula is C20H21N3O7S. The first-order valence-electron chi connectivity index (χ1n) is 8.85. The van der Waals surface area contributed by atoms with Crippen molar-refractivity contribution >= 4 is 21.6 Å². The number of hydrogen-bond acceptors (Lipinski definition) is 7. The summed E-state index contributed by atoms with van der Waals surface area (Å²) in [7, 11) is -1.38. The standard InChI is InChI=1S/C20H21N3O7S/c1-4-11-22(31(27,28)16-8-6-15(7-9-16)23(25)26)17(20(21)24)12-14-5-10-18(29-2)19(13-14)30-3/h1,5-10,13,17H,11-12H2,2-3H3,(H2,21,24)/t17-/m0/s1. The Morgan fingerprint density at radius 1 is 1.19 bits per heavy atom. The van der Waals surface area contributed by atoms with E-state index in [9.17, 15) is 23.3 Å². The summed E-state index contributed by atoms with van der Waals surface area (Å²) < 4.78 is 37.5. The van der Waals surface area contributed by atoms with Crippen molar-refractivity contribution in [3.63, 3.8) is 0 Å². The molecule has 11 heteroatoms. The van der Waals surface area contributed by atoms with E-state index >= 15 is 0 Å². The van der Waals surface area contributed by atoms with Crippen LogP contribution in [0, 0.1) is 22.5 Å². The third kappa shape index (κ3) is 5.30. The van der Waals surface area contributed by atoms with E-state index in [1.54, 1.807) is 18.2 Å². The van der Waals surface area contributed by atoms with Gasteiger partial charge in [-0.15, -0.1) is 6.42 Å². The quantitative estimate of drug-likeness (QED) is 0.329. The Balaban J connectivity index is 2.46. The van der Waals surface area contributed by atoms with E-state index in [-0.39, 0.29) is 17.0 Å². The summed E-state index contributed by atoms with van der Waals surface area (Å²) in [6.45, 7) is -0.430. The monoisotopic (exact) mass is 447 g/mol. The number of hydrogen-bond donors (Lipinski definition) is 1. The number of amides is 1. The second-order valence-electron chi connectivity index (χ2n) is 6.32. The molecule has 2 aromatic carbocycles. The largest absolute Gasteiger partial charge is 0.493 e. The van der Waals surface area contributed by atoms with Crippen LogP contribution in [-0.2, 0) is 21.2 Å². The fraction of sp³-hybridized carbons (Fsp3) is 0.250. The highest BCUT2D eigenvalue weighted by atomic mass is 32.2. The van der Waals surface area contributed by atoms with Gasteiger partial charge in [-0.1, -0.05) is 12.0 Å². The van der Waals surface area contributed by atoms with E-state index in [4.69, 9.17) is 21.6 Å². The fourth-order valence-corrected chi connectivity index (χ4v) is 4.41. The fourth-order valence-electron chi connectivity index (χ4n) is 2.90. The number of nitrogens with two attached hydrogens (primary N) is 1. The second-order valence-corrected chi connectivity index (χ2v) is 8.21.